The summed E-state index contributed by atoms with van der Waals surface area (Å²) in [5.41, 5.74) is 4.26. The summed E-state index contributed by atoms with van der Waals surface area (Å²) in [6.07, 6.45) is 10.9. The number of hydrogen-bond acceptors (Lipinski definition) is 0. The van der Waals surface area contributed by atoms with Crippen LogP contribution in [0.15, 0.2) is 17.9 Å². The summed E-state index contributed by atoms with van der Waals surface area (Å²) in [5, 5.41) is 0. The topological polar surface area (TPSA) is 0 Å². The molecule has 0 saturated heterocycles. The van der Waals surface area contributed by atoms with Crippen molar-refractivity contribution in [2.45, 2.75) is 65.2 Å². The van der Waals surface area contributed by atoms with Gasteiger partial charge in [0.1, 0.15) is 0 Å². The highest BCUT2D eigenvalue weighted by atomic mass is 14.0. The SMILES string of the molecule is C=C=C(C)CCCCCCCCC. The maximum atomic E-state index is 3.64. The smallest absolute Gasteiger partial charge is 0.0247 e. The summed E-state index contributed by atoms with van der Waals surface area (Å²) >= 11 is 0. The van der Waals surface area contributed by atoms with Gasteiger partial charge >= 0.3 is 0 Å². The van der Waals surface area contributed by atoms with Gasteiger partial charge in [0.25, 0.3) is 0 Å². The summed E-state index contributed by atoms with van der Waals surface area (Å²) in [6, 6.07) is 0. The lowest BCUT2D eigenvalue weighted by Crippen LogP contribution is -1.80. The average molecular weight is 180 g/mol. The van der Waals surface area contributed by atoms with Crippen LogP contribution in [0.25, 0.3) is 0 Å². The summed E-state index contributed by atoms with van der Waals surface area (Å²) in [6.45, 7) is 8.02. The van der Waals surface area contributed by atoms with Crippen molar-refractivity contribution in [3.63, 3.8) is 0 Å². The molecule has 0 saturated carbocycles. The van der Waals surface area contributed by atoms with Gasteiger partial charge in [0, 0.05) is 0 Å². The molecule has 0 radical (unpaired) electrons. The van der Waals surface area contributed by atoms with Crippen LogP contribution in [0.3, 0.4) is 0 Å². The van der Waals surface area contributed by atoms with Crippen molar-refractivity contribution in [3.8, 4) is 0 Å². The van der Waals surface area contributed by atoms with E-state index in [1.165, 1.54) is 56.9 Å². The zero-order valence-corrected chi connectivity index (χ0v) is 9.36. The van der Waals surface area contributed by atoms with E-state index in [9.17, 15) is 0 Å². The Morgan fingerprint density at radius 2 is 1.54 bits per heavy atom. The molecule has 0 aliphatic heterocycles. The second kappa shape index (κ2) is 9.61. The zero-order chi connectivity index (χ0) is 9.94. The maximum absolute atomic E-state index is 3.64. The molecule has 0 N–H and O–H groups in total. The molecule has 0 aromatic carbocycles. The van der Waals surface area contributed by atoms with Crippen molar-refractivity contribution in [1.82, 2.24) is 0 Å². The monoisotopic (exact) mass is 180 g/mol. The first-order valence-electron chi connectivity index (χ1n) is 5.66. The van der Waals surface area contributed by atoms with E-state index in [2.05, 4.69) is 26.2 Å². The standard InChI is InChI=1S/C13H24/c1-4-6-7-8-9-10-11-12-13(3)5-2/h2,4,6-12H2,1,3H3. The van der Waals surface area contributed by atoms with Crippen molar-refractivity contribution < 1.29 is 0 Å². The molecule has 0 unspecified atom stereocenters. The molecule has 0 nitrogen and oxygen atoms in total. The van der Waals surface area contributed by atoms with E-state index in [1.807, 2.05) is 0 Å². The third-order valence-electron chi connectivity index (χ3n) is 2.46. The van der Waals surface area contributed by atoms with E-state index in [0.29, 0.717) is 0 Å². The van der Waals surface area contributed by atoms with Crippen LogP contribution in [0.1, 0.15) is 65.2 Å². The quantitative estimate of drug-likeness (QED) is 0.370. The van der Waals surface area contributed by atoms with E-state index in [4.69, 9.17) is 0 Å². The Kier molecular flexibility index (Phi) is 9.25. The molecule has 0 heteroatoms. The predicted molar refractivity (Wildman–Crippen MR) is 60.9 cm³/mol. The number of hydrogen-bond donors (Lipinski definition) is 0. The highest BCUT2D eigenvalue weighted by Crippen LogP contribution is 2.10. The Morgan fingerprint density at radius 3 is 2.08 bits per heavy atom. The second-order valence-electron chi connectivity index (χ2n) is 3.83. The molecule has 0 aliphatic carbocycles. The molecule has 0 aromatic heterocycles. The van der Waals surface area contributed by atoms with Crippen molar-refractivity contribution >= 4 is 0 Å². The Morgan fingerprint density at radius 1 is 1.00 bits per heavy atom. The lowest BCUT2D eigenvalue weighted by Gasteiger charge is -2.00. The fourth-order valence-electron chi connectivity index (χ4n) is 1.44. The van der Waals surface area contributed by atoms with Gasteiger partial charge in [-0.15, -0.1) is 5.73 Å². The van der Waals surface area contributed by atoms with E-state index < -0.39 is 0 Å². The van der Waals surface area contributed by atoms with E-state index in [-0.39, 0.29) is 0 Å². The van der Waals surface area contributed by atoms with E-state index in [0.717, 1.165) is 0 Å². The van der Waals surface area contributed by atoms with Crippen LogP contribution in [0, 0.1) is 0 Å². The molecular formula is C13H24. The average Bonchev–Trinajstić information content (AvgIpc) is 2.16. The van der Waals surface area contributed by atoms with Gasteiger partial charge in [0.2, 0.25) is 0 Å². The molecule has 0 fully saturated rings. The van der Waals surface area contributed by atoms with Crippen molar-refractivity contribution in [2.24, 2.45) is 0 Å². The molecule has 0 spiro atoms. The number of unbranched alkanes of at least 4 members (excludes halogenated alkanes) is 6. The van der Waals surface area contributed by atoms with Crippen molar-refractivity contribution in [3.05, 3.63) is 17.9 Å². The minimum Gasteiger partial charge on any atom is -0.130 e. The summed E-state index contributed by atoms with van der Waals surface area (Å²) < 4.78 is 0. The Hall–Kier alpha value is -0.480. The number of rotatable bonds is 8. The van der Waals surface area contributed by atoms with Gasteiger partial charge in [-0.25, -0.2) is 0 Å². The molecule has 0 heterocycles. The Labute approximate surface area is 83.7 Å². The lowest BCUT2D eigenvalue weighted by molar-refractivity contribution is 0.588. The highest BCUT2D eigenvalue weighted by Gasteiger charge is 1.91. The van der Waals surface area contributed by atoms with Gasteiger partial charge in [-0.05, 0) is 25.3 Å². The Bertz CT molecular complexity index is 149. The maximum Gasteiger partial charge on any atom is -0.0247 e. The van der Waals surface area contributed by atoms with E-state index >= 15 is 0 Å². The molecule has 13 heavy (non-hydrogen) atoms. The first-order chi connectivity index (χ1) is 6.31. The molecule has 0 aliphatic rings. The molecule has 0 bridgehead atoms. The second-order valence-corrected chi connectivity index (χ2v) is 3.83. The number of allylic oxidation sites excluding steroid dienone is 1. The van der Waals surface area contributed by atoms with Gasteiger partial charge in [-0.3, -0.25) is 0 Å². The summed E-state index contributed by atoms with van der Waals surface area (Å²) in [4.78, 5) is 0. The molecule has 76 valence electrons. The van der Waals surface area contributed by atoms with Crippen LogP contribution in [0.2, 0.25) is 0 Å². The zero-order valence-electron chi connectivity index (χ0n) is 9.36. The molecule has 0 rings (SSSR count). The third-order valence-corrected chi connectivity index (χ3v) is 2.46. The molecular weight excluding hydrogens is 156 g/mol. The van der Waals surface area contributed by atoms with E-state index in [1.54, 1.807) is 0 Å². The molecule has 0 aromatic rings. The van der Waals surface area contributed by atoms with Crippen LogP contribution in [-0.2, 0) is 0 Å². The lowest BCUT2D eigenvalue weighted by atomic mass is 10.1. The summed E-state index contributed by atoms with van der Waals surface area (Å²) in [7, 11) is 0. The minimum atomic E-state index is 1.19. The van der Waals surface area contributed by atoms with Crippen LogP contribution < -0.4 is 0 Å². The van der Waals surface area contributed by atoms with Crippen molar-refractivity contribution in [2.75, 3.05) is 0 Å². The van der Waals surface area contributed by atoms with Crippen LogP contribution in [0.4, 0.5) is 0 Å². The normalized spacial score (nSPS) is 9.69. The largest absolute Gasteiger partial charge is 0.130 e. The highest BCUT2D eigenvalue weighted by molar-refractivity contribution is 4.93. The Balaban J connectivity index is 3.04. The van der Waals surface area contributed by atoms with Gasteiger partial charge in [0.05, 0.1) is 0 Å². The van der Waals surface area contributed by atoms with Gasteiger partial charge < -0.3 is 0 Å². The van der Waals surface area contributed by atoms with Gasteiger partial charge in [-0.1, -0.05) is 52.0 Å². The predicted octanol–water partition coefficient (Wildman–Crippen LogP) is 4.86. The summed E-state index contributed by atoms with van der Waals surface area (Å²) in [5.74, 6) is 0. The third kappa shape index (κ3) is 9.43. The molecule has 0 atom stereocenters. The van der Waals surface area contributed by atoms with Gasteiger partial charge in [-0.2, -0.15) is 0 Å². The fourth-order valence-corrected chi connectivity index (χ4v) is 1.44. The van der Waals surface area contributed by atoms with Crippen LogP contribution >= 0.6 is 0 Å². The van der Waals surface area contributed by atoms with Crippen LogP contribution in [0.5, 0.6) is 0 Å². The van der Waals surface area contributed by atoms with Gasteiger partial charge in [0.15, 0.2) is 0 Å². The van der Waals surface area contributed by atoms with Crippen molar-refractivity contribution in [1.29, 1.82) is 0 Å². The van der Waals surface area contributed by atoms with Crippen LogP contribution in [-0.4, -0.2) is 0 Å². The molecule has 0 amide bonds. The minimum absolute atomic E-state index is 1.19. The first kappa shape index (κ1) is 12.5. The first-order valence-corrected chi connectivity index (χ1v) is 5.66. The fraction of sp³-hybridized carbons (Fsp3) is 0.769.